The second kappa shape index (κ2) is 10.4. The SMILES string of the molecule is O=C(c1ccccc1)N(CCCCO)CCCc1ccc(Cl)c(Cl)c1. The Labute approximate surface area is 159 Å². The molecule has 1 amide bonds. The van der Waals surface area contributed by atoms with Gasteiger partial charge in [-0.3, -0.25) is 4.79 Å². The molecule has 0 aromatic heterocycles. The first kappa shape index (κ1) is 19.8. The van der Waals surface area contributed by atoms with Crippen molar-refractivity contribution in [2.45, 2.75) is 25.7 Å². The van der Waals surface area contributed by atoms with E-state index < -0.39 is 0 Å². The highest BCUT2D eigenvalue weighted by atomic mass is 35.5. The summed E-state index contributed by atoms with van der Waals surface area (Å²) in [5.74, 6) is 0.0349. The summed E-state index contributed by atoms with van der Waals surface area (Å²) in [5, 5.41) is 10.1. The number of carbonyl (C=O) groups is 1. The number of unbranched alkanes of at least 4 members (excludes halogenated alkanes) is 1. The zero-order chi connectivity index (χ0) is 18.1. The van der Waals surface area contributed by atoms with Gasteiger partial charge in [0.25, 0.3) is 5.91 Å². The van der Waals surface area contributed by atoms with E-state index in [0.29, 0.717) is 35.1 Å². The molecule has 0 saturated heterocycles. The Bertz CT molecular complexity index is 677. The van der Waals surface area contributed by atoms with Crippen molar-refractivity contribution in [1.82, 2.24) is 4.90 Å². The van der Waals surface area contributed by atoms with Gasteiger partial charge in [0, 0.05) is 25.3 Å². The number of carbonyl (C=O) groups excluding carboxylic acids is 1. The molecule has 2 rings (SSSR count). The first-order valence-corrected chi connectivity index (χ1v) is 9.26. The van der Waals surface area contributed by atoms with Gasteiger partial charge in [-0.05, 0) is 55.5 Å². The maximum Gasteiger partial charge on any atom is 0.253 e. The van der Waals surface area contributed by atoms with Gasteiger partial charge in [0.15, 0.2) is 0 Å². The number of aliphatic hydroxyl groups is 1. The molecular formula is C20H23Cl2NO2. The molecule has 0 saturated carbocycles. The Hall–Kier alpha value is -1.55. The topological polar surface area (TPSA) is 40.5 Å². The minimum Gasteiger partial charge on any atom is -0.396 e. The summed E-state index contributed by atoms with van der Waals surface area (Å²) in [4.78, 5) is 14.6. The lowest BCUT2D eigenvalue weighted by Crippen LogP contribution is -2.33. The second-order valence-electron chi connectivity index (χ2n) is 5.94. The van der Waals surface area contributed by atoms with Crippen molar-refractivity contribution in [2.75, 3.05) is 19.7 Å². The Morgan fingerprint density at radius 3 is 2.32 bits per heavy atom. The quantitative estimate of drug-likeness (QED) is 0.633. The molecule has 0 spiro atoms. The number of amides is 1. The average molecular weight is 380 g/mol. The molecule has 0 heterocycles. The molecule has 2 aromatic rings. The minimum atomic E-state index is 0.0349. The minimum absolute atomic E-state index is 0.0349. The molecule has 0 aliphatic rings. The average Bonchev–Trinajstić information content (AvgIpc) is 2.63. The van der Waals surface area contributed by atoms with Gasteiger partial charge in [-0.15, -0.1) is 0 Å². The van der Waals surface area contributed by atoms with E-state index in [9.17, 15) is 4.79 Å². The van der Waals surface area contributed by atoms with E-state index in [4.69, 9.17) is 28.3 Å². The summed E-state index contributed by atoms with van der Waals surface area (Å²) >= 11 is 12.0. The largest absolute Gasteiger partial charge is 0.396 e. The second-order valence-corrected chi connectivity index (χ2v) is 6.76. The Balaban J connectivity index is 1.95. The van der Waals surface area contributed by atoms with Crippen molar-refractivity contribution in [2.24, 2.45) is 0 Å². The predicted molar refractivity (Wildman–Crippen MR) is 103 cm³/mol. The van der Waals surface area contributed by atoms with Gasteiger partial charge in [-0.2, -0.15) is 0 Å². The summed E-state index contributed by atoms with van der Waals surface area (Å²) in [7, 11) is 0. The van der Waals surface area contributed by atoms with E-state index in [1.165, 1.54) is 0 Å². The molecular weight excluding hydrogens is 357 g/mol. The van der Waals surface area contributed by atoms with Crippen LogP contribution in [0, 0.1) is 0 Å². The lowest BCUT2D eigenvalue weighted by atomic mass is 10.1. The Kier molecular flexibility index (Phi) is 8.26. The highest BCUT2D eigenvalue weighted by molar-refractivity contribution is 6.42. The smallest absolute Gasteiger partial charge is 0.253 e. The van der Waals surface area contributed by atoms with Crippen molar-refractivity contribution in [3.8, 4) is 0 Å². The fourth-order valence-corrected chi connectivity index (χ4v) is 2.98. The van der Waals surface area contributed by atoms with Gasteiger partial charge in [0.2, 0.25) is 0 Å². The molecule has 134 valence electrons. The molecule has 5 heteroatoms. The van der Waals surface area contributed by atoms with Crippen LogP contribution in [0.2, 0.25) is 10.0 Å². The van der Waals surface area contributed by atoms with Crippen LogP contribution in [0.4, 0.5) is 0 Å². The van der Waals surface area contributed by atoms with Gasteiger partial charge >= 0.3 is 0 Å². The zero-order valence-corrected chi connectivity index (χ0v) is 15.6. The maximum atomic E-state index is 12.7. The van der Waals surface area contributed by atoms with E-state index in [1.54, 1.807) is 6.07 Å². The summed E-state index contributed by atoms with van der Waals surface area (Å²) < 4.78 is 0. The van der Waals surface area contributed by atoms with Crippen molar-refractivity contribution < 1.29 is 9.90 Å². The number of aliphatic hydroxyl groups excluding tert-OH is 1. The molecule has 0 aliphatic heterocycles. The standard InChI is InChI=1S/C20H23Cl2NO2/c21-18-11-10-16(15-19(18)22)7-6-13-23(12-4-5-14-24)20(25)17-8-2-1-3-9-17/h1-3,8-11,15,24H,4-7,12-14H2. The van der Waals surface area contributed by atoms with Crippen LogP contribution in [-0.2, 0) is 6.42 Å². The number of hydrogen-bond acceptors (Lipinski definition) is 2. The van der Waals surface area contributed by atoms with E-state index in [1.807, 2.05) is 47.4 Å². The first-order chi connectivity index (χ1) is 12.1. The van der Waals surface area contributed by atoms with Crippen LogP contribution in [0.3, 0.4) is 0 Å². The van der Waals surface area contributed by atoms with Crippen molar-refractivity contribution in [3.63, 3.8) is 0 Å². The van der Waals surface area contributed by atoms with Crippen molar-refractivity contribution in [3.05, 3.63) is 69.7 Å². The lowest BCUT2D eigenvalue weighted by Gasteiger charge is -2.23. The predicted octanol–water partition coefficient (Wildman–Crippen LogP) is 4.84. The first-order valence-electron chi connectivity index (χ1n) is 8.51. The molecule has 2 aromatic carbocycles. The van der Waals surface area contributed by atoms with Crippen LogP contribution in [0.5, 0.6) is 0 Å². The van der Waals surface area contributed by atoms with Crippen molar-refractivity contribution in [1.29, 1.82) is 0 Å². The van der Waals surface area contributed by atoms with Gasteiger partial charge in [0.05, 0.1) is 10.0 Å². The van der Waals surface area contributed by atoms with E-state index >= 15 is 0 Å². The Morgan fingerprint density at radius 1 is 0.920 bits per heavy atom. The van der Waals surface area contributed by atoms with Gasteiger partial charge in [-0.1, -0.05) is 47.5 Å². The number of hydrogen-bond donors (Lipinski definition) is 1. The highest BCUT2D eigenvalue weighted by Crippen LogP contribution is 2.23. The fraction of sp³-hybridized carbons (Fsp3) is 0.350. The van der Waals surface area contributed by atoms with Crippen molar-refractivity contribution >= 4 is 29.1 Å². The third-order valence-electron chi connectivity index (χ3n) is 4.02. The summed E-state index contributed by atoms with van der Waals surface area (Å²) in [6, 6.07) is 14.9. The molecule has 1 N–H and O–H groups in total. The number of rotatable bonds is 9. The van der Waals surface area contributed by atoms with E-state index in [-0.39, 0.29) is 12.5 Å². The molecule has 0 bridgehead atoms. The molecule has 25 heavy (non-hydrogen) atoms. The van der Waals surface area contributed by atoms with Crippen LogP contribution in [-0.4, -0.2) is 35.6 Å². The number of benzene rings is 2. The van der Waals surface area contributed by atoms with Crippen LogP contribution in [0.1, 0.15) is 35.2 Å². The van der Waals surface area contributed by atoms with Crippen LogP contribution in [0.15, 0.2) is 48.5 Å². The molecule has 0 radical (unpaired) electrons. The number of nitrogens with zero attached hydrogens (tertiary/aromatic N) is 1. The molecule has 0 atom stereocenters. The molecule has 3 nitrogen and oxygen atoms in total. The number of halogens is 2. The third-order valence-corrected chi connectivity index (χ3v) is 4.76. The monoisotopic (exact) mass is 379 g/mol. The van der Waals surface area contributed by atoms with E-state index in [0.717, 1.165) is 24.8 Å². The summed E-state index contributed by atoms with van der Waals surface area (Å²) in [5.41, 5.74) is 1.80. The maximum absolute atomic E-state index is 12.7. The van der Waals surface area contributed by atoms with Gasteiger partial charge in [-0.25, -0.2) is 0 Å². The molecule has 0 aliphatic carbocycles. The van der Waals surface area contributed by atoms with Gasteiger partial charge < -0.3 is 10.0 Å². The van der Waals surface area contributed by atoms with Crippen LogP contribution >= 0.6 is 23.2 Å². The Morgan fingerprint density at radius 2 is 1.64 bits per heavy atom. The molecule has 0 fully saturated rings. The highest BCUT2D eigenvalue weighted by Gasteiger charge is 2.15. The normalized spacial score (nSPS) is 10.7. The van der Waals surface area contributed by atoms with E-state index in [2.05, 4.69) is 0 Å². The summed E-state index contributed by atoms with van der Waals surface area (Å²) in [6.45, 7) is 1.46. The van der Waals surface area contributed by atoms with Crippen LogP contribution < -0.4 is 0 Å². The fourth-order valence-electron chi connectivity index (χ4n) is 2.66. The summed E-state index contributed by atoms with van der Waals surface area (Å²) in [6.07, 6.45) is 3.17. The number of aryl methyl sites for hydroxylation is 1. The molecule has 0 unspecified atom stereocenters. The van der Waals surface area contributed by atoms with Gasteiger partial charge in [0.1, 0.15) is 0 Å². The zero-order valence-electron chi connectivity index (χ0n) is 14.1. The third kappa shape index (κ3) is 6.35. The van der Waals surface area contributed by atoms with Crippen LogP contribution in [0.25, 0.3) is 0 Å². The lowest BCUT2D eigenvalue weighted by molar-refractivity contribution is 0.0748.